The molecule has 0 bridgehead atoms. The summed E-state index contributed by atoms with van der Waals surface area (Å²) in [7, 11) is 0. The van der Waals surface area contributed by atoms with Crippen molar-refractivity contribution >= 4 is 28.7 Å². The summed E-state index contributed by atoms with van der Waals surface area (Å²) in [5, 5.41) is 5.39. The van der Waals surface area contributed by atoms with Gasteiger partial charge in [0.25, 0.3) is 0 Å². The molecule has 0 saturated heterocycles. The summed E-state index contributed by atoms with van der Waals surface area (Å²) in [5.74, 6) is 0. The maximum Gasteiger partial charge on any atom is 0.319 e. The van der Waals surface area contributed by atoms with Crippen molar-refractivity contribution in [2.24, 2.45) is 0 Å². The zero-order valence-corrected chi connectivity index (χ0v) is 11.9. The smallest absolute Gasteiger partial charge is 0.319 e. The second-order valence-electron chi connectivity index (χ2n) is 4.21. The summed E-state index contributed by atoms with van der Waals surface area (Å²) in [6.45, 7) is 0.432. The van der Waals surface area contributed by atoms with Crippen molar-refractivity contribution in [2.75, 3.05) is 10.0 Å². The minimum Gasteiger partial charge on any atom is -0.755 e. The third-order valence-corrected chi connectivity index (χ3v) is 3.04. The fraction of sp³-hybridized carbons (Fsp3) is 0.0714. The molecule has 0 aliphatic heterocycles. The van der Waals surface area contributed by atoms with Gasteiger partial charge in [-0.2, -0.15) is 0 Å². The van der Waals surface area contributed by atoms with E-state index in [1.54, 1.807) is 24.3 Å². The first-order valence-corrected chi connectivity index (χ1v) is 7.26. The Morgan fingerprint density at radius 3 is 2.24 bits per heavy atom. The average Bonchev–Trinajstić information content (AvgIpc) is 2.48. The van der Waals surface area contributed by atoms with Crippen molar-refractivity contribution in [2.45, 2.75) is 6.54 Å². The highest BCUT2D eigenvalue weighted by atomic mass is 32.2. The second kappa shape index (κ2) is 7.41. The molecule has 3 N–H and O–H groups in total. The highest BCUT2D eigenvalue weighted by Crippen LogP contribution is 2.13. The van der Waals surface area contributed by atoms with Gasteiger partial charge in [-0.15, -0.1) is 0 Å². The van der Waals surface area contributed by atoms with Crippen LogP contribution in [0.25, 0.3) is 0 Å². The summed E-state index contributed by atoms with van der Waals surface area (Å²) >= 11 is -2.36. The van der Waals surface area contributed by atoms with Crippen LogP contribution < -0.4 is 15.4 Å². The van der Waals surface area contributed by atoms with Crippen LogP contribution in [0.1, 0.15) is 5.56 Å². The maximum atomic E-state index is 11.7. The Morgan fingerprint density at radius 1 is 1.00 bits per heavy atom. The van der Waals surface area contributed by atoms with Crippen LogP contribution in [0.15, 0.2) is 54.6 Å². The molecular formula is C14H14N3O3S-. The first kappa shape index (κ1) is 15.0. The first-order chi connectivity index (χ1) is 10.1. The molecule has 0 aliphatic rings. The lowest BCUT2D eigenvalue weighted by molar-refractivity contribution is 0.251. The van der Waals surface area contributed by atoms with Crippen molar-refractivity contribution in [3.8, 4) is 0 Å². The molecule has 0 saturated carbocycles. The Hall–Kier alpha value is -2.38. The molecule has 0 aromatic heterocycles. The topological polar surface area (TPSA) is 93.3 Å². The molecule has 0 heterocycles. The van der Waals surface area contributed by atoms with Gasteiger partial charge in [0.15, 0.2) is 0 Å². The maximum absolute atomic E-state index is 11.7. The summed E-state index contributed by atoms with van der Waals surface area (Å²) in [6.07, 6.45) is 0. The van der Waals surface area contributed by atoms with E-state index < -0.39 is 11.3 Å². The molecule has 110 valence electrons. The van der Waals surface area contributed by atoms with E-state index in [9.17, 15) is 13.6 Å². The van der Waals surface area contributed by atoms with Gasteiger partial charge in [-0.05, 0) is 29.8 Å². The van der Waals surface area contributed by atoms with Crippen molar-refractivity contribution in [3.63, 3.8) is 0 Å². The van der Waals surface area contributed by atoms with Crippen LogP contribution in [-0.2, 0) is 17.8 Å². The lowest BCUT2D eigenvalue weighted by Gasteiger charge is -2.10. The highest BCUT2D eigenvalue weighted by molar-refractivity contribution is 7.80. The lowest BCUT2D eigenvalue weighted by Crippen LogP contribution is -2.28. The van der Waals surface area contributed by atoms with Gasteiger partial charge in [0, 0.05) is 29.2 Å². The van der Waals surface area contributed by atoms with Gasteiger partial charge >= 0.3 is 6.03 Å². The number of hydrogen-bond donors (Lipinski definition) is 3. The van der Waals surface area contributed by atoms with Gasteiger partial charge in [0.1, 0.15) is 0 Å². The van der Waals surface area contributed by atoms with Crippen LogP contribution in [0.5, 0.6) is 0 Å². The number of urea groups is 1. The number of amides is 2. The van der Waals surface area contributed by atoms with E-state index in [0.29, 0.717) is 17.9 Å². The Bertz CT molecular complexity index is 617. The Morgan fingerprint density at radius 2 is 1.62 bits per heavy atom. The van der Waals surface area contributed by atoms with Gasteiger partial charge in [-0.25, -0.2) is 4.79 Å². The van der Waals surface area contributed by atoms with Crippen LogP contribution in [0.4, 0.5) is 16.2 Å². The summed E-state index contributed by atoms with van der Waals surface area (Å²) < 4.78 is 23.1. The number of benzene rings is 2. The van der Waals surface area contributed by atoms with E-state index in [4.69, 9.17) is 0 Å². The summed E-state index contributed by atoms with van der Waals surface area (Å²) in [6, 6.07) is 15.6. The molecule has 2 amide bonds. The van der Waals surface area contributed by atoms with E-state index in [0.717, 1.165) is 5.56 Å². The van der Waals surface area contributed by atoms with Crippen LogP contribution in [0, 0.1) is 0 Å². The molecule has 0 spiro atoms. The predicted octanol–water partition coefficient (Wildman–Crippen LogP) is 2.21. The Kier molecular flexibility index (Phi) is 5.30. The standard InChI is InChI=1S/C14H15N3O3S/c18-14(15-10-11-4-2-1-3-5-11)16-12-6-8-13(9-7-12)17-21(19)20/h1-9,17H,10H2,(H,19,20)(H2,15,16,18)/p-1. The number of rotatable bonds is 5. The quantitative estimate of drug-likeness (QED) is 0.739. The third-order valence-electron chi connectivity index (χ3n) is 2.64. The molecular weight excluding hydrogens is 290 g/mol. The van der Waals surface area contributed by atoms with Crippen LogP contribution >= 0.6 is 0 Å². The molecule has 7 heteroatoms. The van der Waals surface area contributed by atoms with Gasteiger partial charge < -0.3 is 19.9 Å². The molecule has 0 fully saturated rings. The first-order valence-electron chi connectivity index (χ1n) is 6.18. The molecule has 21 heavy (non-hydrogen) atoms. The van der Waals surface area contributed by atoms with Crippen LogP contribution in [-0.4, -0.2) is 14.8 Å². The van der Waals surface area contributed by atoms with Crippen molar-refractivity contribution in [1.82, 2.24) is 5.32 Å². The fourth-order valence-electron chi connectivity index (χ4n) is 1.67. The number of anilines is 2. The van der Waals surface area contributed by atoms with Crippen molar-refractivity contribution < 1.29 is 13.6 Å². The minimum absolute atomic E-state index is 0.327. The monoisotopic (exact) mass is 304 g/mol. The van der Waals surface area contributed by atoms with E-state index in [-0.39, 0.29) is 6.03 Å². The molecule has 2 rings (SSSR count). The normalized spacial score (nSPS) is 11.5. The number of nitrogens with one attached hydrogen (secondary N) is 3. The van der Waals surface area contributed by atoms with Gasteiger partial charge in [-0.3, -0.25) is 4.21 Å². The van der Waals surface area contributed by atoms with Crippen molar-refractivity contribution in [1.29, 1.82) is 0 Å². The highest BCUT2D eigenvalue weighted by Gasteiger charge is 2.01. The van der Waals surface area contributed by atoms with Gasteiger partial charge in [-0.1, -0.05) is 30.3 Å². The molecule has 6 nitrogen and oxygen atoms in total. The molecule has 1 unspecified atom stereocenters. The summed E-state index contributed by atoms with van der Waals surface area (Å²) in [5.41, 5.74) is 2.01. The Labute approximate surface area is 125 Å². The van der Waals surface area contributed by atoms with Crippen LogP contribution in [0.2, 0.25) is 0 Å². The van der Waals surface area contributed by atoms with Crippen LogP contribution in [0.3, 0.4) is 0 Å². The molecule has 0 aliphatic carbocycles. The Balaban J connectivity index is 1.83. The van der Waals surface area contributed by atoms with Gasteiger partial charge in [0.2, 0.25) is 0 Å². The van der Waals surface area contributed by atoms with E-state index in [2.05, 4.69) is 15.4 Å². The second-order valence-corrected chi connectivity index (χ2v) is 4.88. The van der Waals surface area contributed by atoms with E-state index in [1.165, 1.54) is 0 Å². The number of carbonyl (C=O) groups excluding carboxylic acids is 1. The molecule has 2 aromatic carbocycles. The lowest BCUT2D eigenvalue weighted by atomic mass is 10.2. The third kappa shape index (κ3) is 5.25. The minimum atomic E-state index is -2.36. The molecule has 1 atom stereocenters. The number of hydrogen-bond acceptors (Lipinski definition) is 3. The predicted molar refractivity (Wildman–Crippen MR) is 81.3 cm³/mol. The zero-order valence-electron chi connectivity index (χ0n) is 11.0. The molecule has 0 radical (unpaired) electrons. The fourth-order valence-corrected chi connectivity index (χ4v) is 2.00. The van der Waals surface area contributed by atoms with E-state index >= 15 is 0 Å². The van der Waals surface area contributed by atoms with Crippen molar-refractivity contribution in [3.05, 3.63) is 60.2 Å². The SMILES string of the molecule is O=C(NCc1ccccc1)Nc1ccc(NS(=O)[O-])cc1. The largest absolute Gasteiger partial charge is 0.755 e. The van der Waals surface area contributed by atoms with Gasteiger partial charge in [0.05, 0.1) is 0 Å². The summed E-state index contributed by atoms with van der Waals surface area (Å²) in [4.78, 5) is 11.7. The average molecular weight is 304 g/mol. The zero-order chi connectivity index (χ0) is 15.1. The molecule has 2 aromatic rings. The number of carbonyl (C=O) groups is 1. The van der Waals surface area contributed by atoms with E-state index in [1.807, 2.05) is 30.3 Å².